The molecule has 1 unspecified atom stereocenters. The Morgan fingerprint density at radius 2 is 1.52 bits per heavy atom. The van der Waals surface area contributed by atoms with Crippen molar-refractivity contribution < 1.29 is 24.5 Å². The molecule has 0 aliphatic carbocycles. The summed E-state index contributed by atoms with van der Waals surface area (Å²) in [4.78, 5) is 20.9. The molecule has 0 heterocycles. The van der Waals surface area contributed by atoms with Crippen molar-refractivity contribution >= 4 is 12.1 Å². The molecule has 0 saturated heterocycles. The van der Waals surface area contributed by atoms with Crippen LogP contribution in [0.3, 0.4) is 0 Å². The van der Waals surface area contributed by atoms with E-state index in [1.807, 2.05) is 31.2 Å². The molecule has 2 N–H and O–H groups in total. The summed E-state index contributed by atoms with van der Waals surface area (Å²) in [5.41, 5.74) is 3.04. The van der Waals surface area contributed by atoms with Gasteiger partial charge in [-0.2, -0.15) is 0 Å². The summed E-state index contributed by atoms with van der Waals surface area (Å²) in [6.45, 7) is 4.46. The van der Waals surface area contributed by atoms with Crippen molar-refractivity contribution in [1.29, 1.82) is 0 Å². The van der Waals surface area contributed by atoms with E-state index >= 15 is 0 Å². The van der Waals surface area contributed by atoms with Gasteiger partial charge in [0, 0.05) is 5.92 Å². The van der Waals surface area contributed by atoms with Crippen LogP contribution in [-0.2, 0) is 4.74 Å². The zero-order chi connectivity index (χ0) is 20.1. The molecule has 0 radical (unpaired) electrons. The van der Waals surface area contributed by atoms with Gasteiger partial charge in [0.2, 0.25) is 0 Å². The van der Waals surface area contributed by atoms with E-state index in [1.165, 1.54) is 18.4 Å². The zero-order valence-electron chi connectivity index (χ0n) is 15.9. The number of rotatable bonds is 8. The fourth-order valence-corrected chi connectivity index (χ4v) is 2.98. The molecule has 146 valence electrons. The van der Waals surface area contributed by atoms with Crippen LogP contribution in [0, 0.1) is 0 Å². The lowest BCUT2D eigenvalue weighted by Crippen LogP contribution is -2.12. The van der Waals surface area contributed by atoms with E-state index in [4.69, 9.17) is 19.7 Å². The lowest BCUT2D eigenvalue weighted by atomic mass is 9.84. The first kappa shape index (κ1) is 22.2. The van der Waals surface area contributed by atoms with E-state index in [0.29, 0.717) is 12.2 Å². The minimum atomic E-state index is -1.83. The van der Waals surface area contributed by atoms with Crippen LogP contribution in [-0.4, -0.2) is 28.9 Å². The smallest absolute Gasteiger partial charge is 0.462 e. The highest BCUT2D eigenvalue weighted by Crippen LogP contribution is 2.32. The largest absolute Gasteiger partial charge is 0.503 e. The summed E-state index contributed by atoms with van der Waals surface area (Å²) in [5.74, 6) is 0.0166. The molecule has 0 aliphatic rings. The van der Waals surface area contributed by atoms with E-state index in [2.05, 4.69) is 37.3 Å². The molecule has 0 aromatic heterocycles. The number of benzene rings is 2. The van der Waals surface area contributed by atoms with Gasteiger partial charge in [-0.25, -0.2) is 9.59 Å². The molecular formula is C22H28O5. The van der Waals surface area contributed by atoms with E-state index in [1.54, 1.807) is 0 Å². The molecule has 0 fully saturated rings. The molecule has 0 saturated carbocycles. The molecule has 0 amide bonds. The molecule has 27 heavy (non-hydrogen) atoms. The Balaban J connectivity index is 0.000000828. The minimum absolute atomic E-state index is 0.223. The van der Waals surface area contributed by atoms with Gasteiger partial charge in [0.05, 0.1) is 12.2 Å². The SMILES string of the molecule is CCCCCC(c1ccccc1)c1ccccc1C(=O)OCC.O=C(O)O. The number of ether oxygens (including phenoxy) is 1. The second-order valence-corrected chi connectivity index (χ2v) is 6.05. The third-order valence-corrected chi connectivity index (χ3v) is 4.13. The van der Waals surface area contributed by atoms with Crippen molar-refractivity contribution in [2.75, 3.05) is 6.61 Å². The Kier molecular flexibility index (Phi) is 10.3. The molecule has 2 aromatic carbocycles. The van der Waals surface area contributed by atoms with Crippen molar-refractivity contribution in [1.82, 2.24) is 0 Å². The first-order valence-corrected chi connectivity index (χ1v) is 9.24. The normalized spacial score (nSPS) is 11.0. The topological polar surface area (TPSA) is 83.8 Å². The van der Waals surface area contributed by atoms with E-state index in [0.717, 1.165) is 18.4 Å². The zero-order valence-corrected chi connectivity index (χ0v) is 15.9. The summed E-state index contributed by atoms with van der Waals surface area (Å²) in [6, 6.07) is 18.3. The lowest BCUT2D eigenvalue weighted by molar-refractivity contribution is 0.0524. The van der Waals surface area contributed by atoms with Gasteiger partial charge >= 0.3 is 12.1 Å². The first-order chi connectivity index (χ1) is 13.0. The average molecular weight is 372 g/mol. The first-order valence-electron chi connectivity index (χ1n) is 9.24. The van der Waals surface area contributed by atoms with Gasteiger partial charge in [-0.3, -0.25) is 0 Å². The van der Waals surface area contributed by atoms with Gasteiger partial charge in [0.15, 0.2) is 0 Å². The summed E-state index contributed by atoms with van der Waals surface area (Å²) in [7, 11) is 0. The highest BCUT2D eigenvalue weighted by atomic mass is 16.6. The van der Waals surface area contributed by atoms with Gasteiger partial charge < -0.3 is 14.9 Å². The Morgan fingerprint density at radius 3 is 2.11 bits per heavy atom. The maximum Gasteiger partial charge on any atom is 0.503 e. The predicted octanol–water partition coefficient (Wildman–Crippen LogP) is 5.80. The van der Waals surface area contributed by atoms with Crippen LogP contribution >= 0.6 is 0 Å². The molecule has 0 spiro atoms. The summed E-state index contributed by atoms with van der Waals surface area (Å²) >= 11 is 0. The number of hydrogen-bond acceptors (Lipinski definition) is 3. The van der Waals surface area contributed by atoms with Gasteiger partial charge in [0.25, 0.3) is 0 Å². The fourth-order valence-electron chi connectivity index (χ4n) is 2.98. The van der Waals surface area contributed by atoms with Crippen LogP contribution in [0.25, 0.3) is 0 Å². The third kappa shape index (κ3) is 7.94. The van der Waals surface area contributed by atoms with Crippen LogP contribution in [0.2, 0.25) is 0 Å². The number of carboxylic acid groups (broad SMARTS) is 2. The van der Waals surface area contributed by atoms with Gasteiger partial charge in [-0.05, 0) is 30.5 Å². The Bertz CT molecular complexity index is 693. The Hall–Kier alpha value is -2.82. The third-order valence-electron chi connectivity index (χ3n) is 4.13. The summed E-state index contributed by atoms with van der Waals surface area (Å²) in [5, 5.41) is 13.9. The van der Waals surface area contributed by atoms with Gasteiger partial charge in [-0.15, -0.1) is 0 Å². The minimum Gasteiger partial charge on any atom is -0.462 e. The molecule has 0 bridgehead atoms. The van der Waals surface area contributed by atoms with E-state index in [-0.39, 0.29) is 11.9 Å². The molecular weight excluding hydrogens is 344 g/mol. The van der Waals surface area contributed by atoms with E-state index < -0.39 is 6.16 Å². The average Bonchev–Trinajstić information content (AvgIpc) is 2.66. The standard InChI is InChI=1S/C21H26O2.CH2O3/c1-3-5-7-14-18(17-12-8-6-9-13-17)19-15-10-11-16-20(19)21(22)23-4-2;2-1(3)4/h6,8-13,15-16,18H,3-5,7,14H2,1-2H3;(H2,2,3,4). The van der Waals surface area contributed by atoms with Crippen LogP contribution in [0.5, 0.6) is 0 Å². The quantitative estimate of drug-likeness (QED) is 0.452. The van der Waals surface area contributed by atoms with Crippen LogP contribution in [0.15, 0.2) is 54.6 Å². The Labute approximate surface area is 160 Å². The van der Waals surface area contributed by atoms with Gasteiger partial charge in [0.1, 0.15) is 0 Å². The monoisotopic (exact) mass is 372 g/mol. The van der Waals surface area contributed by atoms with Crippen molar-refractivity contribution in [2.24, 2.45) is 0 Å². The van der Waals surface area contributed by atoms with E-state index in [9.17, 15) is 4.79 Å². The molecule has 1 atom stereocenters. The number of carbonyl (C=O) groups is 2. The number of unbranched alkanes of at least 4 members (excludes halogenated alkanes) is 2. The van der Waals surface area contributed by atoms with Crippen LogP contribution < -0.4 is 0 Å². The lowest BCUT2D eigenvalue weighted by Gasteiger charge is -2.20. The summed E-state index contributed by atoms with van der Waals surface area (Å²) in [6.07, 6.45) is 2.79. The fraction of sp³-hybridized carbons (Fsp3) is 0.364. The number of carbonyl (C=O) groups excluding carboxylic acids is 1. The van der Waals surface area contributed by atoms with Crippen molar-refractivity contribution in [3.63, 3.8) is 0 Å². The maximum atomic E-state index is 12.3. The number of hydrogen-bond donors (Lipinski definition) is 2. The molecule has 5 heteroatoms. The molecule has 5 nitrogen and oxygen atoms in total. The second-order valence-electron chi connectivity index (χ2n) is 6.05. The highest BCUT2D eigenvalue weighted by Gasteiger charge is 2.20. The van der Waals surface area contributed by atoms with Crippen molar-refractivity contribution in [3.8, 4) is 0 Å². The molecule has 0 aliphatic heterocycles. The van der Waals surface area contributed by atoms with Crippen molar-refractivity contribution in [2.45, 2.75) is 45.4 Å². The Morgan fingerprint density at radius 1 is 0.926 bits per heavy atom. The number of esters is 1. The predicted molar refractivity (Wildman–Crippen MR) is 105 cm³/mol. The highest BCUT2D eigenvalue weighted by molar-refractivity contribution is 5.91. The van der Waals surface area contributed by atoms with Crippen molar-refractivity contribution in [3.05, 3.63) is 71.3 Å². The molecule has 2 rings (SSSR count). The van der Waals surface area contributed by atoms with Crippen LogP contribution in [0.4, 0.5) is 4.79 Å². The van der Waals surface area contributed by atoms with Gasteiger partial charge in [-0.1, -0.05) is 74.7 Å². The second kappa shape index (κ2) is 12.5. The molecule has 2 aromatic rings. The summed E-state index contributed by atoms with van der Waals surface area (Å²) < 4.78 is 5.24. The maximum absolute atomic E-state index is 12.3. The van der Waals surface area contributed by atoms with Crippen LogP contribution in [0.1, 0.15) is 66.9 Å².